The molecule has 1 rings (SSSR count). The number of rotatable bonds is 4. The topological polar surface area (TPSA) is 33.0 Å². The fraction of sp³-hybridized carbons (Fsp3) is 0.417. The minimum absolute atomic E-state index is 0.305. The van der Waals surface area contributed by atoms with Crippen molar-refractivity contribution in [2.24, 2.45) is 0 Å². The highest BCUT2D eigenvalue weighted by Gasteiger charge is 2.35. The minimum Gasteiger partial charge on any atom is -0.475 e. The minimum atomic E-state index is -4.50. The number of nitriles is 1. The maximum Gasteiger partial charge on any atom is 0.419 e. The molecule has 0 amide bonds. The molecule has 2 nitrogen and oxygen atoms in total. The Bertz CT molecular complexity index is 454. The van der Waals surface area contributed by atoms with Crippen molar-refractivity contribution < 1.29 is 17.9 Å². The highest BCUT2D eigenvalue weighted by atomic mass is 79.9. The van der Waals surface area contributed by atoms with E-state index < -0.39 is 17.8 Å². The highest BCUT2D eigenvalue weighted by molar-refractivity contribution is 9.08. The van der Waals surface area contributed by atoms with Crippen molar-refractivity contribution in [2.75, 3.05) is 0 Å². The molecular formula is C12H11BrF3NO. The van der Waals surface area contributed by atoms with Crippen LogP contribution >= 0.6 is 15.9 Å². The van der Waals surface area contributed by atoms with E-state index in [1.54, 1.807) is 6.92 Å². The monoisotopic (exact) mass is 321 g/mol. The zero-order valence-electron chi connectivity index (χ0n) is 9.59. The van der Waals surface area contributed by atoms with Crippen molar-refractivity contribution in [2.45, 2.75) is 31.0 Å². The zero-order valence-corrected chi connectivity index (χ0v) is 11.2. The number of hydrogen-bond donors (Lipinski definition) is 0. The van der Waals surface area contributed by atoms with Crippen LogP contribution in [0.15, 0.2) is 18.2 Å². The fourth-order valence-corrected chi connectivity index (χ4v) is 1.69. The fourth-order valence-electron chi connectivity index (χ4n) is 1.34. The quantitative estimate of drug-likeness (QED) is 0.775. The SMILES string of the molecule is CCC(C#N)Oc1ccc(CBr)cc1C(F)(F)F. The molecule has 6 heteroatoms. The standard InChI is InChI=1S/C12H11BrF3NO/c1-2-9(7-17)18-11-4-3-8(6-13)5-10(11)12(14,15)16/h3-5,9H,2,6H2,1H3. The predicted octanol–water partition coefficient (Wildman–Crippen LogP) is 4.28. The summed E-state index contributed by atoms with van der Waals surface area (Å²) in [5, 5.41) is 9.04. The summed E-state index contributed by atoms with van der Waals surface area (Å²) in [4.78, 5) is 0. The van der Waals surface area contributed by atoms with E-state index in [0.717, 1.165) is 6.07 Å². The van der Waals surface area contributed by atoms with E-state index in [4.69, 9.17) is 10.00 Å². The van der Waals surface area contributed by atoms with Crippen LogP contribution in [0.25, 0.3) is 0 Å². The molecule has 0 fully saturated rings. The first kappa shape index (κ1) is 14.8. The molecule has 0 aliphatic heterocycles. The molecule has 1 aromatic carbocycles. The summed E-state index contributed by atoms with van der Waals surface area (Å²) in [6, 6.07) is 5.61. The van der Waals surface area contributed by atoms with E-state index >= 15 is 0 Å². The molecule has 0 N–H and O–H groups in total. The molecule has 0 saturated carbocycles. The largest absolute Gasteiger partial charge is 0.475 e. The van der Waals surface area contributed by atoms with Crippen LogP contribution in [0, 0.1) is 11.3 Å². The van der Waals surface area contributed by atoms with Crippen molar-refractivity contribution in [3.8, 4) is 11.8 Å². The number of halogens is 4. The predicted molar refractivity (Wildman–Crippen MR) is 64.4 cm³/mol. The summed E-state index contributed by atoms with van der Waals surface area (Å²) in [5.74, 6) is -0.305. The lowest BCUT2D eigenvalue weighted by Crippen LogP contribution is -2.16. The first-order valence-corrected chi connectivity index (χ1v) is 6.36. The van der Waals surface area contributed by atoms with Crippen molar-refractivity contribution in [1.82, 2.24) is 0 Å². The van der Waals surface area contributed by atoms with E-state index in [1.807, 2.05) is 6.07 Å². The highest BCUT2D eigenvalue weighted by Crippen LogP contribution is 2.37. The second kappa shape index (κ2) is 6.10. The Morgan fingerprint density at radius 2 is 2.11 bits per heavy atom. The molecule has 0 aliphatic rings. The molecule has 0 bridgehead atoms. The van der Waals surface area contributed by atoms with Gasteiger partial charge in [0.25, 0.3) is 0 Å². The molecule has 0 radical (unpaired) electrons. The number of benzene rings is 1. The summed E-state index contributed by atoms with van der Waals surface area (Å²) in [7, 11) is 0. The molecule has 0 aliphatic carbocycles. The third-order valence-corrected chi connectivity index (χ3v) is 2.94. The van der Waals surface area contributed by atoms with Crippen LogP contribution in [0.2, 0.25) is 0 Å². The Morgan fingerprint density at radius 3 is 2.56 bits per heavy atom. The Morgan fingerprint density at radius 1 is 1.44 bits per heavy atom. The van der Waals surface area contributed by atoms with Crippen LogP contribution in [0.1, 0.15) is 24.5 Å². The normalized spacial score (nSPS) is 12.9. The number of alkyl halides is 4. The van der Waals surface area contributed by atoms with Crippen molar-refractivity contribution >= 4 is 15.9 Å². The second-order valence-corrected chi connectivity index (χ2v) is 4.17. The molecule has 1 unspecified atom stereocenters. The van der Waals surface area contributed by atoms with Gasteiger partial charge in [-0.3, -0.25) is 0 Å². The Labute approximate surface area is 111 Å². The average molecular weight is 322 g/mol. The van der Waals surface area contributed by atoms with Crippen LogP contribution < -0.4 is 4.74 Å². The van der Waals surface area contributed by atoms with Crippen molar-refractivity contribution in [3.05, 3.63) is 29.3 Å². The van der Waals surface area contributed by atoms with E-state index in [1.165, 1.54) is 12.1 Å². The van der Waals surface area contributed by atoms with Gasteiger partial charge in [-0.15, -0.1) is 0 Å². The molecule has 1 aromatic rings. The molecule has 0 heterocycles. The third-order valence-electron chi connectivity index (χ3n) is 2.29. The van der Waals surface area contributed by atoms with Gasteiger partial charge in [-0.25, -0.2) is 0 Å². The molecule has 1 atom stereocenters. The zero-order chi connectivity index (χ0) is 13.8. The summed E-state index contributed by atoms with van der Waals surface area (Å²) < 4.78 is 43.6. The van der Waals surface area contributed by atoms with E-state index in [2.05, 4.69) is 15.9 Å². The van der Waals surface area contributed by atoms with Crippen molar-refractivity contribution in [1.29, 1.82) is 5.26 Å². The van der Waals surface area contributed by atoms with Gasteiger partial charge in [-0.1, -0.05) is 28.9 Å². The number of hydrogen-bond acceptors (Lipinski definition) is 2. The van der Waals surface area contributed by atoms with Crippen molar-refractivity contribution in [3.63, 3.8) is 0 Å². The molecular weight excluding hydrogens is 311 g/mol. The van der Waals surface area contributed by atoms with Crippen LogP contribution in [0.3, 0.4) is 0 Å². The van der Waals surface area contributed by atoms with E-state index in [9.17, 15) is 13.2 Å². The first-order chi connectivity index (χ1) is 8.42. The average Bonchev–Trinajstić information content (AvgIpc) is 2.34. The van der Waals surface area contributed by atoms with Crippen LogP contribution in [-0.2, 0) is 11.5 Å². The Kier molecular flexibility index (Phi) is 5.03. The van der Waals surface area contributed by atoms with Gasteiger partial charge in [-0.05, 0) is 24.1 Å². The molecule has 0 aromatic heterocycles. The van der Waals surface area contributed by atoms with Gasteiger partial charge in [0.15, 0.2) is 6.10 Å². The van der Waals surface area contributed by atoms with Gasteiger partial charge in [0, 0.05) is 5.33 Å². The van der Waals surface area contributed by atoms with Crippen LogP contribution in [0.5, 0.6) is 5.75 Å². The van der Waals surface area contributed by atoms with Gasteiger partial charge in [0.05, 0.1) is 5.56 Å². The smallest absolute Gasteiger partial charge is 0.419 e. The molecule has 98 valence electrons. The summed E-state index contributed by atoms with van der Waals surface area (Å²) in [5.41, 5.74) is -0.354. The summed E-state index contributed by atoms with van der Waals surface area (Å²) in [6.45, 7) is 1.67. The number of ether oxygens (including phenoxy) is 1. The Hall–Kier alpha value is -1.22. The maximum absolute atomic E-state index is 12.8. The summed E-state index contributed by atoms with van der Waals surface area (Å²) >= 11 is 3.10. The van der Waals surface area contributed by atoms with Gasteiger partial charge < -0.3 is 4.74 Å². The first-order valence-electron chi connectivity index (χ1n) is 5.24. The van der Waals surface area contributed by atoms with Crippen LogP contribution in [0.4, 0.5) is 13.2 Å². The lowest BCUT2D eigenvalue weighted by molar-refractivity contribution is -0.139. The summed E-state index contributed by atoms with van der Waals surface area (Å²) in [6.07, 6.45) is -5.05. The van der Waals surface area contributed by atoms with Gasteiger partial charge in [0.2, 0.25) is 0 Å². The second-order valence-electron chi connectivity index (χ2n) is 3.61. The molecule has 0 spiro atoms. The lowest BCUT2D eigenvalue weighted by atomic mass is 10.1. The Balaban J connectivity index is 3.15. The lowest BCUT2D eigenvalue weighted by Gasteiger charge is -2.17. The van der Waals surface area contributed by atoms with Gasteiger partial charge in [0.1, 0.15) is 11.8 Å². The molecule has 0 saturated heterocycles. The van der Waals surface area contributed by atoms with Gasteiger partial charge in [-0.2, -0.15) is 18.4 Å². The molecule has 18 heavy (non-hydrogen) atoms. The van der Waals surface area contributed by atoms with Crippen LogP contribution in [-0.4, -0.2) is 6.10 Å². The van der Waals surface area contributed by atoms with E-state index in [0.29, 0.717) is 17.3 Å². The third kappa shape index (κ3) is 3.64. The van der Waals surface area contributed by atoms with Gasteiger partial charge >= 0.3 is 6.18 Å². The maximum atomic E-state index is 12.8. The number of nitrogens with zero attached hydrogens (tertiary/aromatic N) is 1. The van der Waals surface area contributed by atoms with E-state index in [-0.39, 0.29) is 5.75 Å².